The smallest absolute Gasteiger partial charge is 0.243 e. The van der Waals surface area contributed by atoms with Gasteiger partial charge in [-0.1, -0.05) is 12.1 Å². The molecule has 2 saturated heterocycles. The summed E-state index contributed by atoms with van der Waals surface area (Å²) in [5, 5.41) is 0. The highest BCUT2D eigenvalue weighted by molar-refractivity contribution is 7.89. The van der Waals surface area contributed by atoms with Crippen molar-refractivity contribution in [2.75, 3.05) is 25.5 Å². The van der Waals surface area contributed by atoms with E-state index in [1.807, 2.05) is 12.1 Å². The Kier molecular flexibility index (Phi) is 6.78. The molecule has 2 aliphatic rings. The van der Waals surface area contributed by atoms with Crippen LogP contribution in [0.1, 0.15) is 37.7 Å². The Balaban J connectivity index is 1.62. The Morgan fingerprint density at radius 2 is 1.78 bits per heavy atom. The fourth-order valence-corrected chi connectivity index (χ4v) is 5.80. The van der Waals surface area contributed by atoms with E-state index in [4.69, 9.17) is 17.3 Å². The van der Waals surface area contributed by atoms with Gasteiger partial charge >= 0.3 is 0 Å². The summed E-state index contributed by atoms with van der Waals surface area (Å²) in [6.45, 7) is 1.82. The van der Waals surface area contributed by atoms with Crippen LogP contribution in [0.5, 0.6) is 0 Å². The molecule has 0 aromatic heterocycles. The fourth-order valence-electron chi connectivity index (χ4n) is 4.19. The fraction of sp³-hybridized carbons (Fsp3) is 0.632. The molecular formula is C19H28ClN3O3S. The first-order valence-corrected chi connectivity index (χ1v) is 11.6. The molecule has 0 bridgehead atoms. The predicted octanol–water partition coefficient (Wildman–Crippen LogP) is 1.96. The summed E-state index contributed by atoms with van der Waals surface area (Å²) in [6.07, 6.45) is 4.98. The molecular weight excluding hydrogens is 386 g/mol. The zero-order valence-electron chi connectivity index (χ0n) is 15.5. The second kappa shape index (κ2) is 8.90. The molecule has 1 aromatic rings. The molecule has 150 valence electrons. The van der Waals surface area contributed by atoms with Crippen molar-refractivity contribution in [3.05, 3.63) is 29.8 Å². The van der Waals surface area contributed by atoms with Crippen LogP contribution in [0.2, 0.25) is 0 Å². The van der Waals surface area contributed by atoms with Crippen molar-refractivity contribution in [3.8, 4) is 0 Å². The number of nitrogens with two attached hydrogens (primary N) is 1. The number of carbonyl (C=O) groups excluding carboxylic acids is 1. The van der Waals surface area contributed by atoms with Crippen molar-refractivity contribution >= 4 is 27.5 Å². The first-order valence-electron chi connectivity index (χ1n) is 9.63. The number of carbonyl (C=O) groups is 1. The van der Waals surface area contributed by atoms with Gasteiger partial charge in [0.1, 0.15) is 0 Å². The summed E-state index contributed by atoms with van der Waals surface area (Å²) in [6, 6.07) is 7.15. The van der Waals surface area contributed by atoms with Crippen LogP contribution in [0.3, 0.4) is 0 Å². The summed E-state index contributed by atoms with van der Waals surface area (Å²) in [5.41, 5.74) is 6.61. The number of alkyl halides is 1. The van der Waals surface area contributed by atoms with E-state index in [0.29, 0.717) is 23.9 Å². The van der Waals surface area contributed by atoms with E-state index in [1.165, 1.54) is 0 Å². The quantitative estimate of drug-likeness (QED) is 0.692. The van der Waals surface area contributed by atoms with Crippen molar-refractivity contribution in [1.82, 2.24) is 9.21 Å². The van der Waals surface area contributed by atoms with Gasteiger partial charge in [0.2, 0.25) is 15.9 Å². The van der Waals surface area contributed by atoms with Crippen LogP contribution in [-0.2, 0) is 21.2 Å². The second-order valence-corrected chi connectivity index (χ2v) is 9.69. The van der Waals surface area contributed by atoms with E-state index < -0.39 is 10.0 Å². The maximum Gasteiger partial charge on any atom is 0.243 e. The van der Waals surface area contributed by atoms with Crippen molar-refractivity contribution in [3.63, 3.8) is 0 Å². The van der Waals surface area contributed by atoms with Gasteiger partial charge in [0.05, 0.1) is 10.9 Å². The number of halogens is 1. The number of aryl methyl sites for hydroxylation is 1. The molecule has 2 aliphatic heterocycles. The van der Waals surface area contributed by atoms with Gasteiger partial charge in [0.25, 0.3) is 0 Å². The lowest BCUT2D eigenvalue weighted by Gasteiger charge is -2.38. The molecule has 2 heterocycles. The van der Waals surface area contributed by atoms with E-state index in [-0.39, 0.29) is 18.0 Å². The summed E-state index contributed by atoms with van der Waals surface area (Å²) < 4.78 is 27.4. The maximum absolute atomic E-state index is 12.9. The van der Waals surface area contributed by atoms with E-state index in [0.717, 1.165) is 50.6 Å². The minimum absolute atomic E-state index is 0.196. The third kappa shape index (κ3) is 4.65. The largest absolute Gasteiger partial charge is 0.368 e. The minimum atomic E-state index is -3.48. The second-order valence-electron chi connectivity index (χ2n) is 7.37. The van der Waals surface area contributed by atoms with Gasteiger partial charge < -0.3 is 5.73 Å². The molecule has 1 aromatic carbocycles. The minimum Gasteiger partial charge on any atom is -0.368 e. The van der Waals surface area contributed by atoms with E-state index in [9.17, 15) is 13.2 Å². The summed E-state index contributed by atoms with van der Waals surface area (Å²) in [4.78, 5) is 14.1. The highest BCUT2D eigenvalue weighted by Gasteiger charge is 2.37. The van der Waals surface area contributed by atoms with Gasteiger partial charge in [-0.05, 0) is 62.8 Å². The van der Waals surface area contributed by atoms with Crippen molar-refractivity contribution < 1.29 is 13.2 Å². The van der Waals surface area contributed by atoms with Crippen LogP contribution in [0.15, 0.2) is 29.2 Å². The van der Waals surface area contributed by atoms with Crippen LogP contribution >= 0.6 is 11.6 Å². The van der Waals surface area contributed by atoms with Gasteiger partial charge in [0, 0.05) is 25.0 Å². The number of primary amides is 1. The van der Waals surface area contributed by atoms with Crippen LogP contribution < -0.4 is 5.73 Å². The first kappa shape index (κ1) is 20.6. The van der Waals surface area contributed by atoms with Crippen molar-refractivity contribution in [2.45, 2.75) is 55.5 Å². The first-order chi connectivity index (χ1) is 12.9. The standard InChI is InChI=1S/C19H28ClN3O3S/c20-11-1-3-15-5-7-17(8-6-15)27(25,26)22-13-9-16(10-14-22)23-12-2-4-18(23)19(21)24/h5-8,16,18H,1-4,9-14H2,(H2,21,24). The number of nitrogens with zero attached hydrogens (tertiary/aromatic N) is 2. The predicted molar refractivity (Wildman–Crippen MR) is 106 cm³/mol. The molecule has 3 rings (SSSR count). The van der Waals surface area contributed by atoms with Crippen LogP contribution in [0.25, 0.3) is 0 Å². The lowest BCUT2D eigenvalue weighted by Crippen LogP contribution is -2.51. The number of amides is 1. The lowest BCUT2D eigenvalue weighted by atomic mass is 10.0. The van der Waals surface area contributed by atoms with Gasteiger partial charge in [0.15, 0.2) is 0 Å². The molecule has 2 fully saturated rings. The van der Waals surface area contributed by atoms with E-state index in [2.05, 4.69) is 4.90 Å². The number of hydrogen-bond acceptors (Lipinski definition) is 4. The molecule has 1 atom stereocenters. The molecule has 1 unspecified atom stereocenters. The van der Waals surface area contributed by atoms with Crippen LogP contribution in [-0.4, -0.2) is 61.1 Å². The highest BCUT2D eigenvalue weighted by atomic mass is 35.5. The Morgan fingerprint density at radius 1 is 1.11 bits per heavy atom. The Bertz CT molecular complexity index is 746. The summed E-state index contributed by atoms with van der Waals surface area (Å²) in [7, 11) is -3.48. The molecule has 0 spiro atoms. The summed E-state index contributed by atoms with van der Waals surface area (Å²) in [5.74, 6) is 0.333. The molecule has 8 heteroatoms. The third-order valence-corrected chi connectivity index (χ3v) is 7.86. The van der Waals surface area contributed by atoms with Gasteiger partial charge in [-0.2, -0.15) is 4.31 Å². The number of piperidine rings is 1. The zero-order chi connectivity index (χ0) is 19.4. The number of likely N-dealkylation sites (tertiary alicyclic amines) is 1. The van der Waals surface area contributed by atoms with Crippen molar-refractivity contribution in [1.29, 1.82) is 0 Å². The number of rotatable bonds is 7. The number of hydrogen-bond donors (Lipinski definition) is 1. The highest BCUT2D eigenvalue weighted by Crippen LogP contribution is 2.28. The lowest BCUT2D eigenvalue weighted by molar-refractivity contribution is -0.123. The van der Waals surface area contributed by atoms with Gasteiger partial charge in [-0.15, -0.1) is 11.6 Å². The molecule has 0 saturated carbocycles. The SMILES string of the molecule is NC(=O)C1CCCN1C1CCN(S(=O)(=O)c2ccc(CCCCl)cc2)CC1. The Labute approximate surface area is 166 Å². The molecule has 1 amide bonds. The topological polar surface area (TPSA) is 83.7 Å². The van der Waals surface area contributed by atoms with E-state index in [1.54, 1.807) is 16.4 Å². The van der Waals surface area contributed by atoms with Gasteiger partial charge in [-0.3, -0.25) is 9.69 Å². The summed E-state index contributed by atoms with van der Waals surface area (Å²) >= 11 is 5.71. The maximum atomic E-state index is 12.9. The third-order valence-electron chi connectivity index (χ3n) is 5.68. The average molecular weight is 414 g/mol. The molecule has 6 nitrogen and oxygen atoms in total. The Morgan fingerprint density at radius 3 is 2.37 bits per heavy atom. The molecule has 27 heavy (non-hydrogen) atoms. The average Bonchev–Trinajstić information content (AvgIpc) is 3.17. The molecule has 0 aliphatic carbocycles. The normalized spacial score (nSPS) is 22.9. The Hall–Kier alpha value is -1.15. The number of sulfonamides is 1. The zero-order valence-corrected chi connectivity index (χ0v) is 17.1. The molecule has 2 N–H and O–H groups in total. The number of benzene rings is 1. The van der Waals surface area contributed by atoms with E-state index >= 15 is 0 Å². The monoisotopic (exact) mass is 413 g/mol. The van der Waals surface area contributed by atoms with Crippen molar-refractivity contribution in [2.24, 2.45) is 5.73 Å². The molecule has 0 radical (unpaired) electrons. The van der Waals surface area contributed by atoms with Crippen LogP contribution in [0.4, 0.5) is 0 Å². The van der Waals surface area contributed by atoms with Crippen LogP contribution in [0, 0.1) is 0 Å². The van der Waals surface area contributed by atoms with Gasteiger partial charge in [-0.25, -0.2) is 8.42 Å².